The molecule has 0 bridgehead atoms. The van der Waals surface area contributed by atoms with Gasteiger partial charge in [-0.05, 0) is 62.5 Å². The third kappa shape index (κ3) is 4.27. The van der Waals surface area contributed by atoms with Gasteiger partial charge in [0.2, 0.25) is 0 Å². The van der Waals surface area contributed by atoms with Crippen LogP contribution in [-0.2, 0) is 4.79 Å². The van der Waals surface area contributed by atoms with Gasteiger partial charge in [-0.25, -0.2) is 0 Å². The van der Waals surface area contributed by atoms with Crippen molar-refractivity contribution in [3.8, 4) is 11.3 Å². The van der Waals surface area contributed by atoms with Gasteiger partial charge in [0.15, 0.2) is 0 Å². The fraction of sp³-hybridized carbons (Fsp3) is 0.231. The lowest BCUT2D eigenvalue weighted by atomic mass is 10.1. The average molecular weight is 443 g/mol. The Morgan fingerprint density at radius 2 is 1.94 bits per heavy atom. The third-order valence-corrected chi connectivity index (χ3v) is 6.14. The number of nitrogens with two attached hydrogens (primary N) is 1. The minimum absolute atomic E-state index is 0.0413. The monoisotopic (exact) mass is 442 g/mol. The lowest BCUT2D eigenvalue weighted by Gasteiger charge is -2.20. The molecule has 0 saturated carbocycles. The lowest BCUT2D eigenvalue weighted by molar-refractivity contribution is -0.110. The summed E-state index contributed by atoms with van der Waals surface area (Å²) in [4.78, 5) is 29.7. The number of anilines is 2. The van der Waals surface area contributed by atoms with Crippen LogP contribution in [0.2, 0.25) is 0 Å². The highest BCUT2D eigenvalue weighted by Gasteiger charge is 2.25. The highest BCUT2D eigenvalue weighted by Crippen LogP contribution is 2.35. The van der Waals surface area contributed by atoms with E-state index in [-0.39, 0.29) is 11.8 Å². The Kier molecular flexibility index (Phi) is 5.48. The second kappa shape index (κ2) is 8.60. The van der Waals surface area contributed by atoms with Crippen LogP contribution in [0.4, 0.5) is 11.4 Å². The number of hydrogen-bond donors (Lipinski definition) is 2. The summed E-state index contributed by atoms with van der Waals surface area (Å²) in [6, 6.07) is 16.5. The second-order valence-corrected chi connectivity index (χ2v) is 8.55. The summed E-state index contributed by atoms with van der Waals surface area (Å²) in [5.41, 5.74) is 9.90. The van der Waals surface area contributed by atoms with Crippen molar-refractivity contribution < 1.29 is 14.0 Å². The molecule has 2 aromatic carbocycles. The number of furan rings is 1. The van der Waals surface area contributed by atoms with Crippen LogP contribution in [0.25, 0.3) is 23.0 Å². The van der Waals surface area contributed by atoms with Gasteiger partial charge in [-0.1, -0.05) is 18.2 Å². The molecule has 0 atom stereocenters. The molecular formula is C26H26N4O3. The van der Waals surface area contributed by atoms with E-state index in [2.05, 4.69) is 17.3 Å². The first-order valence-corrected chi connectivity index (χ1v) is 11.1. The standard InChI is InChI=1S/C26H26N4O3/c1-29-10-3-11-30(13-12-29)26(32)18-5-2-4-17(14-18)24-9-7-20(33-24)16-22-21-8-6-19(27)15-23(21)28-25(22)31/h2,4-9,14-16H,3,10-13,27H2,1H3,(H,28,31). The van der Waals surface area contributed by atoms with E-state index in [0.29, 0.717) is 34.0 Å². The van der Waals surface area contributed by atoms with Gasteiger partial charge in [0, 0.05) is 42.0 Å². The van der Waals surface area contributed by atoms with E-state index < -0.39 is 0 Å². The molecule has 0 unspecified atom stereocenters. The maximum Gasteiger partial charge on any atom is 0.256 e. The van der Waals surface area contributed by atoms with Gasteiger partial charge >= 0.3 is 0 Å². The molecule has 3 N–H and O–H groups in total. The molecule has 2 aliphatic heterocycles. The van der Waals surface area contributed by atoms with Gasteiger partial charge in [-0.15, -0.1) is 0 Å². The number of likely N-dealkylation sites (N-methyl/N-ethyl adjacent to an activating group) is 1. The topological polar surface area (TPSA) is 91.8 Å². The fourth-order valence-electron chi connectivity index (χ4n) is 4.32. The normalized spacial score (nSPS) is 17.7. The van der Waals surface area contributed by atoms with Gasteiger partial charge in [-0.2, -0.15) is 0 Å². The van der Waals surface area contributed by atoms with Gasteiger partial charge in [0.1, 0.15) is 11.5 Å². The average Bonchev–Trinajstić information content (AvgIpc) is 3.32. The first kappa shape index (κ1) is 21.0. The molecule has 33 heavy (non-hydrogen) atoms. The number of amides is 2. The highest BCUT2D eigenvalue weighted by molar-refractivity contribution is 6.34. The van der Waals surface area contributed by atoms with Gasteiger partial charge < -0.3 is 25.3 Å². The molecule has 168 valence electrons. The molecule has 3 aromatic rings. The van der Waals surface area contributed by atoms with E-state index in [1.807, 2.05) is 47.4 Å². The maximum atomic E-state index is 13.1. The van der Waals surface area contributed by atoms with Crippen molar-refractivity contribution in [3.63, 3.8) is 0 Å². The van der Waals surface area contributed by atoms with Crippen molar-refractivity contribution in [2.24, 2.45) is 0 Å². The molecule has 3 heterocycles. The molecule has 0 spiro atoms. The highest BCUT2D eigenvalue weighted by atomic mass is 16.3. The maximum absolute atomic E-state index is 13.1. The number of nitrogen functional groups attached to an aromatic ring is 1. The zero-order valence-corrected chi connectivity index (χ0v) is 18.5. The van der Waals surface area contributed by atoms with Crippen LogP contribution in [0.3, 0.4) is 0 Å². The number of carbonyl (C=O) groups excluding carboxylic acids is 2. The number of hydrogen-bond acceptors (Lipinski definition) is 5. The van der Waals surface area contributed by atoms with Crippen LogP contribution < -0.4 is 11.1 Å². The van der Waals surface area contributed by atoms with Crippen LogP contribution in [-0.4, -0.2) is 54.8 Å². The smallest absolute Gasteiger partial charge is 0.256 e. The number of fused-ring (bicyclic) bond motifs is 1. The summed E-state index contributed by atoms with van der Waals surface area (Å²) in [5.74, 6) is 1.05. The zero-order valence-electron chi connectivity index (χ0n) is 18.5. The summed E-state index contributed by atoms with van der Waals surface area (Å²) >= 11 is 0. The van der Waals surface area contributed by atoms with E-state index in [0.717, 1.165) is 43.7 Å². The predicted octanol–water partition coefficient (Wildman–Crippen LogP) is 3.80. The SMILES string of the molecule is CN1CCCN(C(=O)c2cccc(-c3ccc(C=C4C(=O)Nc5cc(N)ccc54)o3)c2)CC1. The molecule has 7 nitrogen and oxygen atoms in total. The molecule has 2 aliphatic rings. The number of carbonyl (C=O) groups is 2. The minimum Gasteiger partial charge on any atom is -0.457 e. The third-order valence-electron chi connectivity index (χ3n) is 6.14. The minimum atomic E-state index is -0.191. The summed E-state index contributed by atoms with van der Waals surface area (Å²) in [6.45, 7) is 3.38. The first-order valence-electron chi connectivity index (χ1n) is 11.1. The number of benzene rings is 2. The van der Waals surface area contributed by atoms with Crippen LogP contribution >= 0.6 is 0 Å². The number of nitrogens with one attached hydrogen (secondary N) is 1. The van der Waals surface area contributed by atoms with Crippen LogP contribution in [0, 0.1) is 0 Å². The Bertz CT molecular complexity index is 1260. The van der Waals surface area contributed by atoms with Gasteiger partial charge in [0.25, 0.3) is 11.8 Å². The Morgan fingerprint density at radius 3 is 2.82 bits per heavy atom. The molecule has 1 saturated heterocycles. The molecule has 0 radical (unpaired) electrons. The van der Waals surface area contributed by atoms with E-state index in [1.165, 1.54) is 0 Å². The van der Waals surface area contributed by atoms with E-state index in [9.17, 15) is 9.59 Å². The number of nitrogens with zero attached hydrogens (tertiary/aromatic N) is 2. The molecule has 5 rings (SSSR count). The zero-order chi connectivity index (χ0) is 22.9. The van der Waals surface area contributed by atoms with Gasteiger partial charge in [0.05, 0.1) is 11.3 Å². The molecule has 1 fully saturated rings. The van der Waals surface area contributed by atoms with Crippen molar-refractivity contribution in [2.75, 3.05) is 44.3 Å². The Hall–Kier alpha value is -3.84. The second-order valence-electron chi connectivity index (χ2n) is 8.55. The van der Waals surface area contributed by atoms with E-state index in [1.54, 1.807) is 18.2 Å². The van der Waals surface area contributed by atoms with Crippen LogP contribution in [0.5, 0.6) is 0 Å². The van der Waals surface area contributed by atoms with Gasteiger partial charge in [-0.3, -0.25) is 9.59 Å². The molecular weight excluding hydrogens is 416 g/mol. The molecule has 7 heteroatoms. The molecule has 2 amide bonds. The van der Waals surface area contributed by atoms with Crippen molar-refractivity contribution >= 4 is 34.8 Å². The quantitative estimate of drug-likeness (QED) is 0.476. The number of rotatable bonds is 3. The van der Waals surface area contributed by atoms with Crippen molar-refractivity contribution in [2.45, 2.75) is 6.42 Å². The molecule has 1 aromatic heterocycles. The first-order chi connectivity index (χ1) is 16.0. The Labute approximate surface area is 192 Å². The van der Waals surface area contributed by atoms with Crippen molar-refractivity contribution in [1.82, 2.24) is 9.80 Å². The fourth-order valence-corrected chi connectivity index (χ4v) is 4.32. The van der Waals surface area contributed by atoms with Crippen molar-refractivity contribution in [3.05, 3.63) is 71.5 Å². The predicted molar refractivity (Wildman–Crippen MR) is 130 cm³/mol. The summed E-state index contributed by atoms with van der Waals surface area (Å²) in [6.07, 6.45) is 2.70. The van der Waals surface area contributed by atoms with Crippen LogP contribution in [0.1, 0.15) is 28.1 Å². The summed E-state index contributed by atoms with van der Waals surface area (Å²) in [5, 5.41) is 2.83. The summed E-state index contributed by atoms with van der Waals surface area (Å²) in [7, 11) is 2.08. The van der Waals surface area contributed by atoms with Crippen LogP contribution in [0.15, 0.2) is 59.0 Å². The van der Waals surface area contributed by atoms with E-state index in [4.69, 9.17) is 10.2 Å². The molecule has 0 aliphatic carbocycles. The largest absolute Gasteiger partial charge is 0.457 e. The Balaban J connectivity index is 1.38. The Morgan fingerprint density at radius 1 is 1.06 bits per heavy atom. The summed E-state index contributed by atoms with van der Waals surface area (Å²) < 4.78 is 6.02. The van der Waals surface area contributed by atoms with Crippen molar-refractivity contribution in [1.29, 1.82) is 0 Å². The lowest BCUT2D eigenvalue weighted by Crippen LogP contribution is -2.34. The van der Waals surface area contributed by atoms with E-state index >= 15 is 0 Å².